The molecule has 1 aromatic carbocycles. The van der Waals surface area contributed by atoms with Crippen LogP contribution in [0.2, 0.25) is 0 Å². The van der Waals surface area contributed by atoms with Crippen LogP contribution in [-0.4, -0.2) is 21.9 Å². The highest BCUT2D eigenvalue weighted by Gasteiger charge is 2.08. The Balaban J connectivity index is 2.06. The molecule has 3 nitrogen and oxygen atoms in total. The Morgan fingerprint density at radius 3 is 2.65 bits per heavy atom. The predicted molar refractivity (Wildman–Crippen MR) is 89.1 cm³/mol. The number of hydrogen-bond donors (Lipinski definition) is 1. The SMILES string of the molecule is Cc1cc(C(N)=S)ccc1CN(C)Cc1scnc1C. The topological polar surface area (TPSA) is 42.1 Å². The van der Waals surface area contributed by atoms with E-state index in [0.717, 1.165) is 24.3 Å². The third kappa shape index (κ3) is 3.62. The van der Waals surface area contributed by atoms with Crippen molar-refractivity contribution in [2.45, 2.75) is 26.9 Å². The van der Waals surface area contributed by atoms with Gasteiger partial charge in [0.05, 0.1) is 11.2 Å². The number of aryl methyl sites for hydroxylation is 2. The molecule has 106 valence electrons. The van der Waals surface area contributed by atoms with Gasteiger partial charge in [-0.15, -0.1) is 11.3 Å². The summed E-state index contributed by atoms with van der Waals surface area (Å²) in [6.45, 7) is 5.98. The molecule has 0 atom stereocenters. The van der Waals surface area contributed by atoms with Crippen LogP contribution in [-0.2, 0) is 13.1 Å². The van der Waals surface area contributed by atoms with Gasteiger partial charge in [-0.05, 0) is 38.1 Å². The van der Waals surface area contributed by atoms with Crippen LogP contribution in [0.25, 0.3) is 0 Å². The van der Waals surface area contributed by atoms with E-state index in [-0.39, 0.29) is 0 Å². The minimum atomic E-state index is 0.452. The van der Waals surface area contributed by atoms with Crippen LogP contribution in [0.15, 0.2) is 23.7 Å². The van der Waals surface area contributed by atoms with Gasteiger partial charge in [-0.25, -0.2) is 4.98 Å². The zero-order valence-corrected chi connectivity index (χ0v) is 13.6. The lowest BCUT2D eigenvalue weighted by Crippen LogP contribution is -2.18. The summed E-state index contributed by atoms with van der Waals surface area (Å²) in [6, 6.07) is 6.17. The standard InChI is InChI=1S/C15H19N3S2/c1-10-6-12(15(16)19)4-5-13(10)7-18(3)8-14-11(2)17-9-20-14/h4-6,9H,7-8H2,1-3H3,(H2,16,19). The van der Waals surface area contributed by atoms with Gasteiger partial charge in [0.1, 0.15) is 4.99 Å². The lowest BCUT2D eigenvalue weighted by molar-refractivity contribution is 0.320. The third-order valence-corrected chi connectivity index (χ3v) is 4.48. The molecule has 0 unspecified atom stereocenters. The molecular formula is C15H19N3S2. The first-order valence-electron chi connectivity index (χ1n) is 6.44. The number of rotatable bonds is 5. The summed E-state index contributed by atoms with van der Waals surface area (Å²) < 4.78 is 0. The number of thiazole rings is 1. The van der Waals surface area contributed by atoms with Gasteiger partial charge in [0, 0.05) is 23.5 Å². The minimum absolute atomic E-state index is 0.452. The Morgan fingerprint density at radius 1 is 1.35 bits per heavy atom. The molecule has 20 heavy (non-hydrogen) atoms. The molecule has 2 aromatic rings. The number of aromatic nitrogens is 1. The minimum Gasteiger partial charge on any atom is -0.389 e. The predicted octanol–water partition coefficient (Wildman–Crippen LogP) is 3.03. The van der Waals surface area contributed by atoms with Gasteiger partial charge >= 0.3 is 0 Å². The first kappa shape index (κ1) is 15.1. The van der Waals surface area contributed by atoms with Crippen LogP contribution < -0.4 is 5.73 Å². The number of nitrogens with zero attached hydrogens (tertiary/aromatic N) is 2. The van der Waals surface area contributed by atoms with Crippen molar-refractivity contribution in [1.82, 2.24) is 9.88 Å². The molecule has 1 aromatic heterocycles. The maximum absolute atomic E-state index is 5.66. The van der Waals surface area contributed by atoms with Gasteiger partial charge in [-0.2, -0.15) is 0 Å². The highest BCUT2D eigenvalue weighted by atomic mass is 32.1. The van der Waals surface area contributed by atoms with Gasteiger partial charge in [-0.1, -0.05) is 24.4 Å². The number of thiocarbonyl (C=S) groups is 1. The first-order chi connectivity index (χ1) is 9.47. The summed E-state index contributed by atoms with van der Waals surface area (Å²) in [7, 11) is 2.13. The molecule has 1 heterocycles. The van der Waals surface area contributed by atoms with Gasteiger partial charge in [0.15, 0.2) is 0 Å². The van der Waals surface area contributed by atoms with E-state index in [2.05, 4.69) is 42.9 Å². The second kappa shape index (κ2) is 6.43. The van der Waals surface area contributed by atoms with Gasteiger partial charge < -0.3 is 5.73 Å². The van der Waals surface area contributed by atoms with E-state index >= 15 is 0 Å². The molecule has 0 aliphatic heterocycles. The fourth-order valence-electron chi connectivity index (χ4n) is 2.10. The fourth-order valence-corrected chi connectivity index (χ4v) is 3.08. The summed E-state index contributed by atoms with van der Waals surface area (Å²) in [6.07, 6.45) is 0. The average molecular weight is 305 g/mol. The molecule has 0 aliphatic carbocycles. The van der Waals surface area contributed by atoms with Gasteiger partial charge in [-0.3, -0.25) is 4.90 Å². The van der Waals surface area contributed by atoms with Gasteiger partial charge in [0.25, 0.3) is 0 Å². The lowest BCUT2D eigenvalue weighted by Gasteiger charge is -2.18. The second-order valence-corrected chi connectivity index (χ2v) is 6.42. The fraction of sp³-hybridized carbons (Fsp3) is 0.333. The summed E-state index contributed by atoms with van der Waals surface area (Å²) >= 11 is 6.72. The quantitative estimate of drug-likeness (QED) is 0.862. The number of hydrogen-bond acceptors (Lipinski definition) is 4. The zero-order valence-electron chi connectivity index (χ0n) is 12.0. The van der Waals surface area contributed by atoms with E-state index in [4.69, 9.17) is 18.0 Å². The molecule has 5 heteroatoms. The summed E-state index contributed by atoms with van der Waals surface area (Å²) in [4.78, 5) is 8.36. The first-order valence-corrected chi connectivity index (χ1v) is 7.73. The Bertz CT molecular complexity index is 619. The van der Waals surface area contributed by atoms with Crippen molar-refractivity contribution in [1.29, 1.82) is 0 Å². The molecule has 2 N–H and O–H groups in total. The van der Waals surface area contributed by atoms with Crippen LogP contribution >= 0.6 is 23.6 Å². The van der Waals surface area contributed by atoms with E-state index in [1.54, 1.807) is 11.3 Å². The average Bonchev–Trinajstić information content (AvgIpc) is 2.77. The molecule has 0 amide bonds. The third-order valence-electron chi connectivity index (χ3n) is 3.33. The van der Waals surface area contributed by atoms with E-state index in [9.17, 15) is 0 Å². The van der Waals surface area contributed by atoms with Crippen molar-refractivity contribution < 1.29 is 0 Å². The Kier molecular flexibility index (Phi) is 4.86. The number of nitrogens with two attached hydrogens (primary N) is 1. The van der Waals surface area contributed by atoms with Crippen molar-refractivity contribution >= 4 is 28.5 Å². The maximum atomic E-state index is 5.66. The molecular weight excluding hydrogens is 286 g/mol. The van der Waals surface area contributed by atoms with Crippen LogP contribution in [0, 0.1) is 13.8 Å². The Morgan fingerprint density at radius 2 is 2.10 bits per heavy atom. The molecule has 0 saturated heterocycles. The van der Waals surface area contributed by atoms with Crippen LogP contribution in [0.3, 0.4) is 0 Å². The molecule has 0 saturated carbocycles. The monoisotopic (exact) mass is 305 g/mol. The molecule has 0 fully saturated rings. The highest BCUT2D eigenvalue weighted by Crippen LogP contribution is 2.17. The largest absolute Gasteiger partial charge is 0.389 e. The van der Waals surface area contributed by atoms with E-state index < -0.39 is 0 Å². The summed E-state index contributed by atoms with van der Waals surface area (Å²) in [5, 5.41) is 0. The van der Waals surface area contributed by atoms with Crippen LogP contribution in [0.1, 0.15) is 27.3 Å². The highest BCUT2D eigenvalue weighted by molar-refractivity contribution is 7.80. The lowest BCUT2D eigenvalue weighted by atomic mass is 10.0. The molecule has 0 aliphatic rings. The zero-order chi connectivity index (χ0) is 14.7. The normalized spacial score (nSPS) is 11.0. The van der Waals surface area contributed by atoms with Crippen molar-refractivity contribution in [3.05, 3.63) is 51.0 Å². The summed E-state index contributed by atoms with van der Waals surface area (Å²) in [5.74, 6) is 0. The van der Waals surface area contributed by atoms with Crippen molar-refractivity contribution in [2.24, 2.45) is 5.73 Å². The molecule has 0 bridgehead atoms. The van der Waals surface area contributed by atoms with E-state index in [1.165, 1.54) is 16.0 Å². The van der Waals surface area contributed by atoms with Crippen molar-refractivity contribution in [2.75, 3.05) is 7.05 Å². The Hall–Kier alpha value is -1.30. The Labute approximate surface area is 129 Å². The van der Waals surface area contributed by atoms with Crippen LogP contribution in [0.4, 0.5) is 0 Å². The molecule has 0 radical (unpaired) electrons. The van der Waals surface area contributed by atoms with E-state index in [1.807, 2.05) is 11.6 Å². The van der Waals surface area contributed by atoms with E-state index in [0.29, 0.717) is 4.99 Å². The summed E-state index contributed by atoms with van der Waals surface area (Å²) in [5.41, 5.74) is 12.1. The smallest absolute Gasteiger partial charge is 0.103 e. The van der Waals surface area contributed by atoms with Crippen molar-refractivity contribution in [3.8, 4) is 0 Å². The molecule has 0 spiro atoms. The number of benzene rings is 1. The van der Waals surface area contributed by atoms with Gasteiger partial charge in [0.2, 0.25) is 0 Å². The maximum Gasteiger partial charge on any atom is 0.103 e. The van der Waals surface area contributed by atoms with Crippen molar-refractivity contribution in [3.63, 3.8) is 0 Å². The molecule has 2 rings (SSSR count). The van der Waals surface area contributed by atoms with Crippen LogP contribution in [0.5, 0.6) is 0 Å². The second-order valence-electron chi connectivity index (χ2n) is 5.04.